The summed E-state index contributed by atoms with van der Waals surface area (Å²) in [4.78, 5) is 9.02. The zero-order chi connectivity index (χ0) is 19.2. The van der Waals surface area contributed by atoms with Crippen LogP contribution in [0.25, 0.3) is 0 Å². The minimum Gasteiger partial charge on any atom is -0.356 e. The van der Waals surface area contributed by atoms with Crippen molar-refractivity contribution in [2.24, 2.45) is 10.9 Å². The number of halogens is 1. The van der Waals surface area contributed by atoms with Crippen molar-refractivity contribution in [3.63, 3.8) is 0 Å². The zero-order valence-corrected chi connectivity index (χ0v) is 18.0. The lowest BCUT2D eigenvalue weighted by atomic mass is 9.97. The summed E-state index contributed by atoms with van der Waals surface area (Å²) in [7, 11) is 1.82. The SMILES string of the molecule is CCC(CNC(=NC)NC1CCCn2nc(C)nc21)Cc1cccc(Br)c1. The van der Waals surface area contributed by atoms with Gasteiger partial charge in [-0.25, -0.2) is 9.67 Å². The fraction of sp³-hybridized carbons (Fsp3) is 0.550. The van der Waals surface area contributed by atoms with E-state index in [4.69, 9.17) is 0 Å². The number of benzene rings is 1. The zero-order valence-electron chi connectivity index (χ0n) is 16.4. The summed E-state index contributed by atoms with van der Waals surface area (Å²) in [6.45, 7) is 6.03. The van der Waals surface area contributed by atoms with E-state index in [9.17, 15) is 0 Å². The van der Waals surface area contributed by atoms with Crippen LogP contribution in [0, 0.1) is 12.8 Å². The predicted octanol–water partition coefficient (Wildman–Crippen LogP) is 3.62. The number of aryl methyl sites for hydroxylation is 2. The quantitative estimate of drug-likeness (QED) is 0.540. The Kier molecular flexibility index (Phi) is 6.88. The Morgan fingerprint density at radius 1 is 1.44 bits per heavy atom. The molecule has 0 saturated heterocycles. The number of aromatic nitrogens is 3. The first-order valence-corrected chi connectivity index (χ1v) is 10.5. The number of fused-ring (bicyclic) bond motifs is 1. The lowest BCUT2D eigenvalue weighted by Gasteiger charge is -2.26. The minimum absolute atomic E-state index is 0.163. The average molecular weight is 433 g/mol. The van der Waals surface area contributed by atoms with E-state index in [0.717, 1.165) is 60.9 Å². The summed E-state index contributed by atoms with van der Waals surface area (Å²) < 4.78 is 3.16. The van der Waals surface area contributed by atoms with E-state index in [2.05, 4.69) is 72.8 Å². The Hall–Kier alpha value is -1.89. The molecule has 1 aromatic carbocycles. The molecular weight excluding hydrogens is 404 g/mol. The molecule has 1 aromatic heterocycles. The van der Waals surface area contributed by atoms with Crippen LogP contribution in [0.5, 0.6) is 0 Å². The monoisotopic (exact) mass is 432 g/mol. The van der Waals surface area contributed by atoms with E-state index < -0.39 is 0 Å². The second-order valence-corrected chi connectivity index (χ2v) is 8.06. The van der Waals surface area contributed by atoms with Gasteiger partial charge in [-0.1, -0.05) is 41.4 Å². The van der Waals surface area contributed by atoms with E-state index >= 15 is 0 Å². The highest BCUT2D eigenvalue weighted by Crippen LogP contribution is 2.23. The number of rotatable bonds is 6. The maximum atomic E-state index is 4.60. The molecule has 0 fully saturated rings. The molecule has 146 valence electrons. The molecule has 2 heterocycles. The number of hydrogen-bond acceptors (Lipinski definition) is 3. The van der Waals surface area contributed by atoms with Crippen LogP contribution < -0.4 is 10.6 Å². The molecule has 0 amide bonds. The van der Waals surface area contributed by atoms with Crippen LogP contribution in [-0.4, -0.2) is 34.3 Å². The number of guanidine groups is 1. The number of nitrogens with zero attached hydrogens (tertiary/aromatic N) is 4. The van der Waals surface area contributed by atoms with E-state index in [1.54, 1.807) is 0 Å². The van der Waals surface area contributed by atoms with Crippen molar-refractivity contribution in [3.8, 4) is 0 Å². The standard InChI is InChI=1S/C20H29BrN6/c1-4-15(11-16-7-5-8-17(21)12-16)13-23-20(22-3)25-18-9-6-10-27-19(18)24-14(2)26-27/h5,7-8,12,15,18H,4,6,9-11,13H2,1-3H3,(H2,22,23,25). The average Bonchev–Trinajstić information content (AvgIpc) is 3.05. The lowest BCUT2D eigenvalue weighted by molar-refractivity contribution is 0.396. The van der Waals surface area contributed by atoms with Gasteiger partial charge in [0.1, 0.15) is 11.6 Å². The van der Waals surface area contributed by atoms with Crippen LogP contribution in [0.15, 0.2) is 33.7 Å². The molecule has 7 heteroatoms. The summed E-state index contributed by atoms with van der Waals surface area (Å²) in [5, 5.41) is 11.5. The van der Waals surface area contributed by atoms with Crippen LogP contribution in [0.4, 0.5) is 0 Å². The fourth-order valence-electron chi connectivity index (χ4n) is 3.56. The van der Waals surface area contributed by atoms with Gasteiger partial charge in [0.15, 0.2) is 5.96 Å². The van der Waals surface area contributed by atoms with Crippen molar-refractivity contribution >= 4 is 21.9 Å². The topological polar surface area (TPSA) is 67.1 Å². The van der Waals surface area contributed by atoms with Crippen LogP contribution in [0.2, 0.25) is 0 Å². The van der Waals surface area contributed by atoms with Crippen LogP contribution in [-0.2, 0) is 13.0 Å². The first-order valence-electron chi connectivity index (χ1n) is 9.72. The molecule has 0 radical (unpaired) electrons. The lowest BCUT2D eigenvalue weighted by Crippen LogP contribution is -2.43. The summed E-state index contributed by atoms with van der Waals surface area (Å²) >= 11 is 3.56. The van der Waals surface area contributed by atoms with Crippen LogP contribution in [0.1, 0.15) is 49.4 Å². The second-order valence-electron chi connectivity index (χ2n) is 7.14. The molecule has 27 heavy (non-hydrogen) atoms. The maximum Gasteiger partial charge on any atom is 0.191 e. The molecule has 6 nitrogen and oxygen atoms in total. The molecule has 0 saturated carbocycles. The van der Waals surface area contributed by atoms with Crippen molar-refractivity contribution in [3.05, 3.63) is 46.0 Å². The first kappa shape index (κ1) is 19.9. The van der Waals surface area contributed by atoms with Gasteiger partial charge in [0.2, 0.25) is 0 Å². The second kappa shape index (κ2) is 9.35. The maximum absolute atomic E-state index is 4.60. The largest absolute Gasteiger partial charge is 0.356 e. The molecule has 0 spiro atoms. The third kappa shape index (κ3) is 5.31. The molecule has 2 N–H and O–H groups in total. The van der Waals surface area contributed by atoms with Gasteiger partial charge >= 0.3 is 0 Å². The van der Waals surface area contributed by atoms with Crippen LogP contribution >= 0.6 is 15.9 Å². The van der Waals surface area contributed by atoms with Gasteiger partial charge in [-0.2, -0.15) is 5.10 Å². The predicted molar refractivity (Wildman–Crippen MR) is 113 cm³/mol. The van der Waals surface area contributed by atoms with Crippen molar-refractivity contribution in [2.45, 2.75) is 52.1 Å². The smallest absolute Gasteiger partial charge is 0.191 e. The summed E-state index contributed by atoms with van der Waals surface area (Å²) in [5.74, 6) is 3.24. The molecular formula is C20H29BrN6. The molecule has 3 rings (SSSR count). The van der Waals surface area contributed by atoms with Gasteiger partial charge in [-0.05, 0) is 49.8 Å². The Labute approximate surface area is 170 Å². The third-order valence-corrected chi connectivity index (χ3v) is 5.56. The molecule has 1 aliphatic rings. The van der Waals surface area contributed by atoms with E-state index in [-0.39, 0.29) is 6.04 Å². The van der Waals surface area contributed by atoms with Gasteiger partial charge in [-0.15, -0.1) is 0 Å². The molecule has 2 unspecified atom stereocenters. The third-order valence-electron chi connectivity index (χ3n) is 5.06. The number of nitrogens with one attached hydrogen (secondary N) is 2. The summed E-state index contributed by atoms with van der Waals surface area (Å²) in [5.41, 5.74) is 1.36. The molecule has 1 aliphatic heterocycles. The van der Waals surface area contributed by atoms with Crippen molar-refractivity contribution in [1.29, 1.82) is 0 Å². The Bertz CT molecular complexity index is 785. The van der Waals surface area contributed by atoms with Crippen molar-refractivity contribution in [1.82, 2.24) is 25.4 Å². The molecule has 2 atom stereocenters. The van der Waals surface area contributed by atoms with Crippen molar-refractivity contribution < 1.29 is 0 Å². The van der Waals surface area contributed by atoms with Crippen molar-refractivity contribution in [2.75, 3.05) is 13.6 Å². The Balaban J connectivity index is 1.57. The highest BCUT2D eigenvalue weighted by atomic mass is 79.9. The number of hydrogen-bond donors (Lipinski definition) is 2. The van der Waals surface area contributed by atoms with E-state index in [0.29, 0.717) is 5.92 Å². The number of aliphatic imine (C=N–C) groups is 1. The minimum atomic E-state index is 0.163. The van der Waals surface area contributed by atoms with Gasteiger partial charge in [0.25, 0.3) is 0 Å². The van der Waals surface area contributed by atoms with E-state index in [1.165, 1.54) is 5.56 Å². The van der Waals surface area contributed by atoms with Gasteiger partial charge in [-0.3, -0.25) is 4.99 Å². The summed E-state index contributed by atoms with van der Waals surface area (Å²) in [6.07, 6.45) is 4.32. The highest BCUT2D eigenvalue weighted by Gasteiger charge is 2.24. The van der Waals surface area contributed by atoms with Gasteiger partial charge in [0, 0.05) is 24.6 Å². The first-order chi connectivity index (χ1) is 13.1. The molecule has 0 bridgehead atoms. The van der Waals surface area contributed by atoms with Gasteiger partial charge in [0.05, 0.1) is 6.04 Å². The van der Waals surface area contributed by atoms with Gasteiger partial charge < -0.3 is 10.6 Å². The normalized spacial score (nSPS) is 18.1. The fourth-order valence-corrected chi connectivity index (χ4v) is 4.01. The highest BCUT2D eigenvalue weighted by molar-refractivity contribution is 9.10. The van der Waals surface area contributed by atoms with E-state index in [1.807, 2.05) is 18.7 Å². The van der Waals surface area contributed by atoms with Crippen LogP contribution in [0.3, 0.4) is 0 Å². The molecule has 0 aliphatic carbocycles. The Morgan fingerprint density at radius 3 is 3.04 bits per heavy atom. The Morgan fingerprint density at radius 2 is 2.30 bits per heavy atom. The molecule has 2 aromatic rings. The summed E-state index contributed by atoms with van der Waals surface area (Å²) in [6, 6.07) is 8.72.